The zero-order valence-corrected chi connectivity index (χ0v) is 20.3. The van der Waals surface area contributed by atoms with Crippen molar-refractivity contribution in [2.45, 2.75) is 37.6 Å². The first-order valence-electron chi connectivity index (χ1n) is 11.1. The predicted molar refractivity (Wildman–Crippen MR) is 132 cm³/mol. The predicted octanol–water partition coefficient (Wildman–Crippen LogP) is 4.32. The normalized spacial score (nSPS) is 12.5. The van der Waals surface area contributed by atoms with Crippen LogP contribution in [0.15, 0.2) is 74.8 Å². The Balaban J connectivity index is 1.60. The van der Waals surface area contributed by atoms with E-state index in [4.69, 9.17) is 13.9 Å². The Morgan fingerprint density at radius 1 is 0.971 bits per heavy atom. The summed E-state index contributed by atoms with van der Waals surface area (Å²) >= 11 is 0. The number of sulfonamides is 1. The number of fused-ring (bicyclic) bond motifs is 3. The van der Waals surface area contributed by atoms with E-state index in [9.17, 15) is 18.0 Å². The van der Waals surface area contributed by atoms with Crippen molar-refractivity contribution in [3.63, 3.8) is 0 Å². The fourth-order valence-electron chi connectivity index (χ4n) is 3.76. The number of methoxy groups -OCH3 is 1. The molecule has 1 N–H and O–H groups in total. The van der Waals surface area contributed by atoms with Gasteiger partial charge in [0.25, 0.3) is 0 Å². The Labute approximate surface area is 202 Å². The first kappa shape index (κ1) is 24.4. The molecular weight excluding hydrogens is 470 g/mol. The molecule has 0 bridgehead atoms. The second kappa shape index (κ2) is 9.89. The van der Waals surface area contributed by atoms with E-state index >= 15 is 0 Å². The summed E-state index contributed by atoms with van der Waals surface area (Å²) in [5.74, 6) is -0.0892. The van der Waals surface area contributed by atoms with Gasteiger partial charge in [-0.25, -0.2) is 18.0 Å². The minimum Gasteiger partial charge on any atom is -0.497 e. The number of benzene rings is 3. The van der Waals surface area contributed by atoms with Crippen LogP contribution in [0.4, 0.5) is 0 Å². The van der Waals surface area contributed by atoms with Gasteiger partial charge in [-0.1, -0.05) is 31.0 Å². The molecule has 0 amide bonds. The lowest BCUT2D eigenvalue weighted by atomic mass is 10.1. The molecule has 4 aromatic rings. The van der Waals surface area contributed by atoms with Gasteiger partial charge in [-0.2, -0.15) is 4.72 Å². The molecule has 8 nitrogen and oxygen atoms in total. The molecule has 0 unspecified atom stereocenters. The maximum absolute atomic E-state index is 12.9. The summed E-state index contributed by atoms with van der Waals surface area (Å²) in [6.07, 6.45) is 0.803. The zero-order chi connectivity index (χ0) is 25.2. The molecule has 0 aliphatic rings. The lowest BCUT2D eigenvalue weighted by Crippen LogP contribution is -2.42. The number of nitrogens with one attached hydrogen (secondary N) is 1. The molecule has 0 fully saturated rings. The third-order valence-corrected chi connectivity index (χ3v) is 7.09. The molecule has 1 atom stereocenters. The van der Waals surface area contributed by atoms with Gasteiger partial charge in [-0.05, 0) is 55.8 Å². The average Bonchev–Trinajstić information content (AvgIpc) is 2.83. The van der Waals surface area contributed by atoms with Crippen molar-refractivity contribution in [3.05, 3.63) is 76.6 Å². The molecule has 0 saturated heterocycles. The molecule has 182 valence electrons. The van der Waals surface area contributed by atoms with Gasteiger partial charge < -0.3 is 13.9 Å². The van der Waals surface area contributed by atoms with Crippen LogP contribution < -0.4 is 19.8 Å². The standard InChI is InChI=1S/C26H25NO7S/c1-4-5-23(27-35(30,31)19-10-6-16(2)7-11-19)26(29)33-18-9-13-21-20-12-8-17(32-3)14-22(20)25(28)34-24(21)15-18/h6-15,23,27H,4-5H2,1-3H3/t23-/m1/s1. The second-order valence-electron chi connectivity index (χ2n) is 8.16. The third-order valence-electron chi connectivity index (χ3n) is 5.60. The maximum Gasteiger partial charge on any atom is 0.344 e. The summed E-state index contributed by atoms with van der Waals surface area (Å²) in [5, 5.41) is 1.70. The topological polar surface area (TPSA) is 112 Å². The van der Waals surface area contributed by atoms with Crippen LogP contribution in [-0.4, -0.2) is 27.5 Å². The van der Waals surface area contributed by atoms with Crippen LogP contribution in [0.3, 0.4) is 0 Å². The lowest BCUT2D eigenvalue weighted by Gasteiger charge is -2.17. The van der Waals surface area contributed by atoms with E-state index in [0.29, 0.717) is 28.3 Å². The number of carbonyl (C=O) groups excluding carboxylic acids is 1. The number of rotatable bonds is 8. The Morgan fingerprint density at radius 3 is 2.34 bits per heavy atom. The summed E-state index contributed by atoms with van der Waals surface area (Å²) in [4.78, 5) is 25.5. The van der Waals surface area contributed by atoms with Crippen LogP contribution in [0, 0.1) is 6.92 Å². The highest BCUT2D eigenvalue weighted by Crippen LogP contribution is 2.28. The summed E-state index contributed by atoms with van der Waals surface area (Å²) in [7, 11) is -2.42. The Hall–Kier alpha value is -3.69. The average molecular weight is 496 g/mol. The number of hydrogen-bond donors (Lipinski definition) is 1. The number of aryl methyl sites for hydroxylation is 1. The summed E-state index contributed by atoms with van der Waals surface area (Å²) in [6.45, 7) is 3.69. The Morgan fingerprint density at radius 2 is 1.66 bits per heavy atom. The van der Waals surface area contributed by atoms with Crippen molar-refractivity contribution in [2.24, 2.45) is 0 Å². The molecule has 0 spiro atoms. The third kappa shape index (κ3) is 5.21. The molecule has 0 radical (unpaired) electrons. The molecule has 4 rings (SSSR count). The number of carbonyl (C=O) groups is 1. The smallest absolute Gasteiger partial charge is 0.344 e. The quantitative estimate of drug-likeness (QED) is 0.168. The first-order valence-corrected chi connectivity index (χ1v) is 12.6. The van der Waals surface area contributed by atoms with Crippen LogP contribution in [-0.2, 0) is 14.8 Å². The molecule has 1 aromatic heterocycles. The van der Waals surface area contributed by atoms with Gasteiger partial charge >= 0.3 is 11.6 Å². The maximum atomic E-state index is 12.9. The first-order chi connectivity index (χ1) is 16.7. The molecule has 35 heavy (non-hydrogen) atoms. The monoisotopic (exact) mass is 495 g/mol. The molecule has 0 aliphatic heterocycles. The van der Waals surface area contributed by atoms with Gasteiger partial charge in [0.15, 0.2) is 0 Å². The number of esters is 1. The van der Waals surface area contributed by atoms with Crippen molar-refractivity contribution in [1.29, 1.82) is 0 Å². The van der Waals surface area contributed by atoms with E-state index in [2.05, 4.69) is 4.72 Å². The number of hydrogen-bond acceptors (Lipinski definition) is 7. The van der Waals surface area contributed by atoms with Crippen LogP contribution in [0.2, 0.25) is 0 Å². The Bertz CT molecular complexity index is 1560. The van der Waals surface area contributed by atoms with Gasteiger partial charge in [0.1, 0.15) is 23.1 Å². The lowest BCUT2D eigenvalue weighted by molar-refractivity contribution is -0.136. The molecule has 0 saturated carbocycles. The minimum atomic E-state index is -3.93. The molecule has 1 heterocycles. The van der Waals surface area contributed by atoms with Crippen LogP contribution in [0.1, 0.15) is 25.3 Å². The summed E-state index contributed by atoms with van der Waals surface area (Å²) < 4.78 is 44.1. The van der Waals surface area contributed by atoms with Crippen molar-refractivity contribution < 1.29 is 27.1 Å². The largest absolute Gasteiger partial charge is 0.497 e. The van der Waals surface area contributed by atoms with E-state index < -0.39 is 27.7 Å². The van der Waals surface area contributed by atoms with Crippen LogP contribution >= 0.6 is 0 Å². The van der Waals surface area contributed by atoms with Crippen molar-refractivity contribution >= 4 is 37.7 Å². The summed E-state index contributed by atoms with van der Waals surface area (Å²) in [6, 6.07) is 15.0. The van der Waals surface area contributed by atoms with Crippen molar-refractivity contribution in [2.75, 3.05) is 7.11 Å². The fourth-order valence-corrected chi connectivity index (χ4v) is 4.97. The Kier molecular flexibility index (Phi) is 6.90. The fraction of sp³-hybridized carbons (Fsp3) is 0.231. The van der Waals surface area contributed by atoms with Crippen molar-refractivity contribution in [3.8, 4) is 11.5 Å². The van der Waals surface area contributed by atoms with E-state index in [1.54, 1.807) is 42.5 Å². The molecular formula is C26H25NO7S. The van der Waals surface area contributed by atoms with Gasteiger partial charge in [-0.15, -0.1) is 0 Å². The second-order valence-corrected chi connectivity index (χ2v) is 9.87. The van der Waals surface area contributed by atoms with Gasteiger partial charge in [0.05, 0.1) is 17.4 Å². The van der Waals surface area contributed by atoms with Gasteiger partial charge in [0, 0.05) is 16.8 Å². The van der Waals surface area contributed by atoms with E-state index in [1.165, 1.54) is 25.3 Å². The highest BCUT2D eigenvalue weighted by molar-refractivity contribution is 7.89. The van der Waals surface area contributed by atoms with Crippen LogP contribution in [0.5, 0.6) is 11.5 Å². The number of ether oxygens (including phenoxy) is 2. The van der Waals surface area contributed by atoms with E-state index in [1.807, 2.05) is 13.8 Å². The highest BCUT2D eigenvalue weighted by Gasteiger charge is 2.27. The van der Waals surface area contributed by atoms with E-state index in [-0.39, 0.29) is 22.6 Å². The molecule has 0 aliphatic carbocycles. The molecule has 9 heteroatoms. The summed E-state index contributed by atoms with van der Waals surface area (Å²) in [5.41, 5.74) is 0.609. The van der Waals surface area contributed by atoms with Crippen LogP contribution in [0.25, 0.3) is 21.7 Å². The van der Waals surface area contributed by atoms with Crippen molar-refractivity contribution in [1.82, 2.24) is 4.72 Å². The van der Waals surface area contributed by atoms with E-state index in [0.717, 1.165) is 5.56 Å². The zero-order valence-electron chi connectivity index (χ0n) is 19.5. The SMILES string of the molecule is CCC[C@@H](NS(=O)(=O)c1ccc(C)cc1)C(=O)Oc1ccc2c(c1)oc(=O)c1cc(OC)ccc12. The molecule has 3 aromatic carbocycles. The van der Waals surface area contributed by atoms with Gasteiger partial charge in [0.2, 0.25) is 10.0 Å². The minimum absolute atomic E-state index is 0.0630. The highest BCUT2D eigenvalue weighted by atomic mass is 32.2. The van der Waals surface area contributed by atoms with Gasteiger partial charge in [-0.3, -0.25) is 0 Å².